The number of nitrogens with zero attached hydrogens (tertiary/aromatic N) is 1. The third-order valence-corrected chi connectivity index (χ3v) is 2.26. The van der Waals surface area contributed by atoms with Crippen LogP contribution >= 0.6 is 0 Å². The SMILES string of the molecule is NCCC=Cc1ccc2c(N)n[nH]c2c1. The van der Waals surface area contributed by atoms with Crippen LogP contribution in [0.4, 0.5) is 5.82 Å². The van der Waals surface area contributed by atoms with Crippen molar-refractivity contribution in [3.63, 3.8) is 0 Å². The van der Waals surface area contributed by atoms with Gasteiger partial charge in [0.25, 0.3) is 0 Å². The van der Waals surface area contributed by atoms with Crippen LogP contribution in [0.3, 0.4) is 0 Å². The fourth-order valence-electron chi connectivity index (χ4n) is 1.48. The van der Waals surface area contributed by atoms with Gasteiger partial charge in [-0.25, -0.2) is 0 Å². The second-order valence-electron chi connectivity index (χ2n) is 3.39. The molecule has 0 unspecified atom stereocenters. The van der Waals surface area contributed by atoms with Gasteiger partial charge in [0, 0.05) is 5.39 Å². The molecule has 2 rings (SSSR count). The largest absolute Gasteiger partial charge is 0.382 e. The fraction of sp³-hybridized carbons (Fsp3) is 0.182. The summed E-state index contributed by atoms with van der Waals surface area (Å²) in [5, 5.41) is 7.79. The van der Waals surface area contributed by atoms with Gasteiger partial charge in [-0.1, -0.05) is 18.2 Å². The number of aromatic nitrogens is 2. The molecule has 5 N–H and O–H groups in total. The van der Waals surface area contributed by atoms with Crippen LogP contribution < -0.4 is 11.5 Å². The second kappa shape index (κ2) is 4.14. The maximum absolute atomic E-state index is 5.67. The Morgan fingerprint density at radius 3 is 3.07 bits per heavy atom. The lowest BCUT2D eigenvalue weighted by Crippen LogP contribution is -1.94. The lowest BCUT2D eigenvalue weighted by atomic mass is 10.1. The second-order valence-corrected chi connectivity index (χ2v) is 3.39. The lowest BCUT2D eigenvalue weighted by molar-refractivity contribution is 1.01. The Hall–Kier alpha value is -1.81. The number of hydrogen-bond donors (Lipinski definition) is 3. The van der Waals surface area contributed by atoms with Crippen molar-refractivity contribution in [3.05, 3.63) is 29.8 Å². The zero-order valence-electron chi connectivity index (χ0n) is 8.40. The summed E-state index contributed by atoms with van der Waals surface area (Å²) >= 11 is 0. The van der Waals surface area contributed by atoms with Crippen molar-refractivity contribution in [3.8, 4) is 0 Å². The van der Waals surface area contributed by atoms with Crippen molar-refractivity contribution in [2.45, 2.75) is 6.42 Å². The molecule has 78 valence electrons. The molecule has 1 aromatic heterocycles. The molecule has 0 fully saturated rings. The van der Waals surface area contributed by atoms with E-state index in [9.17, 15) is 0 Å². The van der Waals surface area contributed by atoms with Crippen molar-refractivity contribution >= 4 is 22.8 Å². The predicted molar refractivity (Wildman–Crippen MR) is 63.2 cm³/mol. The zero-order chi connectivity index (χ0) is 10.7. The highest BCUT2D eigenvalue weighted by molar-refractivity contribution is 5.89. The standard InChI is InChI=1S/C11H14N4/c12-6-2-1-3-8-4-5-9-10(7-8)14-15-11(9)13/h1,3-5,7H,2,6,12H2,(H3,13,14,15). The first-order chi connectivity index (χ1) is 7.31. The van der Waals surface area contributed by atoms with E-state index >= 15 is 0 Å². The van der Waals surface area contributed by atoms with Gasteiger partial charge >= 0.3 is 0 Å². The molecule has 4 heteroatoms. The molecule has 0 radical (unpaired) electrons. The molecule has 0 bridgehead atoms. The zero-order valence-corrected chi connectivity index (χ0v) is 8.40. The van der Waals surface area contributed by atoms with E-state index in [4.69, 9.17) is 11.5 Å². The molecular weight excluding hydrogens is 188 g/mol. The number of nitrogen functional groups attached to an aromatic ring is 1. The van der Waals surface area contributed by atoms with Gasteiger partial charge in [-0.3, -0.25) is 5.10 Å². The summed E-state index contributed by atoms with van der Waals surface area (Å²) in [6.45, 7) is 0.676. The average Bonchev–Trinajstić information content (AvgIpc) is 2.61. The smallest absolute Gasteiger partial charge is 0.153 e. The maximum atomic E-state index is 5.67. The van der Waals surface area contributed by atoms with Crippen molar-refractivity contribution in [2.24, 2.45) is 5.73 Å². The Bertz CT molecular complexity index is 484. The molecule has 15 heavy (non-hydrogen) atoms. The van der Waals surface area contributed by atoms with E-state index in [0.29, 0.717) is 12.4 Å². The number of anilines is 1. The normalized spacial score (nSPS) is 11.5. The summed E-state index contributed by atoms with van der Waals surface area (Å²) in [5.41, 5.74) is 13.2. The van der Waals surface area contributed by atoms with Gasteiger partial charge < -0.3 is 11.5 Å². The molecule has 1 heterocycles. The van der Waals surface area contributed by atoms with Crippen molar-refractivity contribution < 1.29 is 0 Å². The van der Waals surface area contributed by atoms with Gasteiger partial charge in [0.2, 0.25) is 0 Å². The molecule has 4 nitrogen and oxygen atoms in total. The number of benzene rings is 1. The van der Waals surface area contributed by atoms with Crippen LogP contribution in [0.5, 0.6) is 0 Å². The third-order valence-electron chi connectivity index (χ3n) is 2.26. The molecule has 0 spiro atoms. The highest BCUT2D eigenvalue weighted by Gasteiger charge is 2.00. The first kappa shape index (κ1) is 9.73. The number of fused-ring (bicyclic) bond motifs is 1. The fourth-order valence-corrected chi connectivity index (χ4v) is 1.48. The summed E-state index contributed by atoms with van der Waals surface area (Å²) in [6.07, 6.45) is 4.99. The Morgan fingerprint density at radius 1 is 1.40 bits per heavy atom. The van der Waals surface area contributed by atoms with Crippen LogP contribution in [-0.2, 0) is 0 Å². The predicted octanol–water partition coefficient (Wildman–Crippen LogP) is 1.51. The minimum atomic E-state index is 0.544. The number of nitrogens with two attached hydrogens (primary N) is 2. The first-order valence-electron chi connectivity index (χ1n) is 4.91. The topological polar surface area (TPSA) is 80.7 Å². The van der Waals surface area contributed by atoms with Gasteiger partial charge in [-0.2, -0.15) is 5.10 Å². The maximum Gasteiger partial charge on any atom is 0.153 e. The first-order valence-corrected chi connectivity index (χ1v) is 4.91. The highest BCUT2D eigenvalue weighted by Crippen LogP contribution is 2.19. The van der Waals surface area contributed by atoms with Crippen LogP contribution in [0.25, 0.3) is 17.0 Å². The van der Waals surface area contributed by atoms with Crippen LogP contribution in [0.1, 0.15) is 12.0 Å². The third kappa shape index (κ3) is 1.99. The molecule has 0 saturated carbocycles. The van der Waals surface area contributed by atoms with E-state index in [2.05, 4.69) is 16.3 Å². The molecule has 0 aliphatic heterocycles. The Morgan fingerprint density at radius 2 is 2.27 bits per heavy atom. The minimum Gasteiger partial charge on any atom is -0.382 e. The number of hydrogen-bond acceptors (Lipinski definition) is 3. The Balaban J connectivity index is 2.31. The van der Waals surface area contributed by atoms with Crippen LogP contribution in [0, 0.1) is 0 Å². The number of rotatable bonds is 3. The number of aromatic amines is 1. The summed E-state index contributed by atoms with van der Waals surface area (Å²) in [7, 11) is 0. The van der Waals surface area contributed by atoms with Gasteiger partial charge in [0.05, 0.1) is 5.52 Å². The molecule has 2 aromatic rings. The minimum absolute atomic E-state index is 0.544. The van der Waals surface area contributed by atoms with Crippen molar-refractivity contribution in [2.75, 3.05) is 12.3 Å². The molecule has 0 saturated heterocycles. The quantitative estimate of drug-likeness (QED) is 0.705. The summed E-state index contributed by atoms with van der Waals surface area (Å²) in [6, 6.07) is 6.00. The molecular formula is C11H14N4. The van der Waals surface area contributed by atoms with Gasteiger partial charge in [0.1, 0.15) is 0 Å². The number of H-pyrrole nitrogens is 1. The van der Waals surface area contributed by atoms with Crippen LogP contribution in [0.15, 0.2) is 24.3 Å². The molecule has 0 amide bonds. The molecule has 0 aliphatic rings. The van der Waals surface area contributed by atoms with E-state index in [1.807, 2.05) is 24.3 Å². The Labute approximate surface area is 88.0 Å². The van der Waals surface area contributed by atoms with Crippen molar-refractivity contribution in [1.29, 1.82) is 0 Å². The van der Waals surface area contributed by atoms with Crippen LogP contribution in [-0.4, -0.2) is 16.7 Å². The Kier molecular flexibility index (Phi) is 2.69. The van der Waals surface area contributed by atoms with E-state index in [0.717, 1.165) is 22.9 Å². The van der Waals surface area contributed by atoms with E-state index in [1.165, 1.54) is 0 Å². The van der Waals surface area contributed by atoms with Gasteiger partial charge in [-0.15, -0.1) is 0 Å². The monoisotopic (exact) mass is 202 g/mol. The summed E-state index contributed by atoms with van der Waals surface area (Å²) < 4.78 is 0. The summed E-state index contributed by atoms with van der Waals surface area (Å²) in [4.78, 5) is 0. The molecule has 1 aromatic carbocycles. The average molecular weight is 202 g/mol. The summed E-state index contributed by atoms with van der Waals surface area (Å²) in [5.74, 6) is 0.544. The lowest BCUT2D eigenvalue weighted by Gasteiger charge is -1.94. The van der Waals surface area contributed by atoms with Gasteiger partial charge in [-0.05, 0) is 30.7 Å². The number of nitrogens with one attached hydrogen (secondary N) is 1. The van der Waals surface area contributed by atoms with E-state index in [1.54, 1.807) is 0 Å². The highest BCUT2D eigenvalue weighted by atomic mass is 15.1. The van der Waals surface area contributed by atoms with Gasteiger partial charge in [0.15, 0.2) is 5.82 Å². The molecule has 0 aliphatic carbocycles. The van der Waals surface area contributed by atoms with Crippen molar-refractivity contribution in [1.82, 2.24) is 10.2 Å². The van der Waals surface area contributed by atoms with E-state index in [-0.39, 0.29) is 0 Å². The molecule has 0 atom stereocenters. The van der Waals surface area contributed by atoms with Crippen LogP contribution in [0.2, 0.25) is 0 Å². The van der Waals surface area contributed by atoms with E-state index < -0.39 is 0 Å².